The Balaban J connectivity index is 1.72. The second-order valence-electron chi connectivity index (χ2n) is 8.44. The maximum absolute atomic E-state index is 11.7. The van der Waals surface area contributed by atoms with Crippen molar-refractivity contribution in [2.24, 2.45) is 0 Å². The van der Waals surface area contributed by atoms with Gasteiger partial charge in [0.25, 0.3) is 0 Å². The summed E-state index contributed by atoms with van der Waals surface area (Å²) in [7, 11) is 1.63. The number of rotatable bonds is 4. The van der Waals surface area contributed by atoms with Crippen LogP contribution in [0.2, 0.25) is 0 Å². The molecule has 0 aliphatic carbocycles. The smallest absolute Gasteiger partial charge is 0.308 e. The van der Waals surface area contributed by atoms with E-state index in [0.717, 1.165) is 22.4 Å². The largest absolute Gasteiger partial charge is 0.496 e. The van der Waals surface area contributed by atoms with Crippen molar-refractivity contribution in [1.82, 2.24) is 0 Å². The zero-order valence-electron chi connectivity index (χ0n) is 18.8. The lowest BCUT2D eigenvalue weighted by atomic mass is 9.87. The molecule has 0 unspecified atom stereocenters. The molecule has 7 heteroatoms. The summed E-state index contributed by atoms with van der Waals surface area (Å²) in [5.41, 5.74) is 2.18. The van der Waals surface area contributed by atoms with Gasteiger partial charge in [0.2, 0.25) is 0 Å². The van der Waals surface area contributed by atoms with Gasteiger partial charge in [-0.25, -0.2) is 0 Å². The molecule has 0 amide bonds. The fraction of sp³-hybridized carbons (Fsp3) is 0.360. The normalized spacial score (nSPS) is 17.8. The molecule has 2 aliphatic rings. The van der Waals surface area contributed by atoms with Crippen LogP contribution in [0, 0.1) is 0 Å². The second-order valence-corrected chi connectivity index (χ2v) is 8.44. The number of methoxy groups -OCH3 is 1. The van der Waals surface area contributed by atoms with E-state index in [2.05, 4.69) is 0 Å². The van der Waals surface area contributed by atoms with Gasteiger partial charge in [-0.3, -0.25) is 9.59 Å². The van der Waals surface area contributed by atoms with Crippen LogP contribution in [-0.4, -0.2) is 31.3 Å². The molecule has 0 spiro atoms. The summed E-state index contributed by atoms with van der Waals surface area (Å²) in [6.07, 6.45) is 4.63. The summed E-state index contributed by atoms with van der Waals surface area (Å²) in [6.45, 7) is 7.02. The average Bonchev–Trinajstić information content (AvgIpc) is 2.70. The summed E-state index contributed by atoms with van der Waals surface area (Å²) in [6, 6.07) is 6.94. The molecule has 1 atom stereocenters. The van der Waals surface area contributed by atoms with Crippen LogP contribution in [0.15, 0.2) is 30.3 Å². The van der Waals surface area contributed by atoms with Crippen LogP contribution in [-0.2, 0) is 16.0 Å². The van der Waals surface area contributed by atoms with Crippen LogP contribution in [0.5, 0.6) is 28.7 Å². The van der Waals surface area contributed by atoms with Crippen molar-refractivity contribution >= 4 is 18.0 Å². The Morgan fingerprint density at radius 2 is 1.81 bits per heavy atom. The van der Waals surface area contributed by atoms with Gasteiger partial charge < -0.3 is 23.7 Å². The molecule has 4 rings (SSSR count). The lowest BCUT2D eigenvalue weighted by Gasteiger charge is -2.33. The van der Waals surface area contributed by atoms with Crippen LogP contribution in [0.4, 0.5) is 0 Å². The number of ether oxygens (including phenoxy) is 5. The lowest BCUT2D eigenvalue weighted by molar-refractivity contribution is -0.132. The summed E-state index contributed by atoms with van der Waals surface area (Å²) in [5.74, 6) is 1.79. The number of carbonyl (C=O) groups excluding carboxylic acids is 2. The van der Waals surface area contributed by atoms with E-state index in [0.29, 0.717) is 36.0 Å². The van der Waals surface area contributed by atoms with E-state index in [1.165, 1.54) is 13.8 Å². The van der Waals surface area contributed by atoms with Crippen molar-refractivity contribution in [2.45, 2.75) is 45.6 Å². The molecule has 7 nitrogen and oxygen atoms in total. The van der Waals surface area contributed by atoms with Crippen LogP contribution < -0.4 is 23.7 Å². The van der Waals surface area contributed by atoms with Crippen LogP contribution in [0.3, 0.4) is 0 Å². The number of carbonyl (C=O) groups is 2. The van der Waals surface area contributed by atoms with E-state index >= 15 is 0 Å². The van der Waals surface area contributed by atoms with E-state index in [-0.39, 0.29) is 5.92 Å². The molecule has 0 N–H and O–H groups in total. The molecule has 0 bridgehead atoms. The Bertz CT molecular complexity index is 1110. The molecule has 32 heavy (non-hydrogen) atoms. The Labute approximate surface area is 186 Å². The molecule has 2 heterocycles. The van der Waals surface area contributed by atoms with Crippen molar-refractivity contribution in [3.05, 3.63) is 47.0 Å². The topological polar surface area (TPSA) is 80.3 Å². The third kappa shape index (κ3) is 4.28. The molecule has 0 saturated heterocycles. The zero-order chi connectivity index (χ0) is 23.0. The monoisotopic (exact) mass is 438 g/mol. The van der Waals surface area contributed by atoms with E-state index in [1.807, 2.05) is 32.1 Å². The molecule has 2 aromatic rings. The van der Waals surface area contributed by atoms with Gasteiger partial charge in [0.1, 0.15) is 34.3 Å². The Hall–Kier alpha value is -3.48. The maximum atomic E-state index is 11.7. The van der Waals surface area contributed by atoms with E-state index in [9.17, 15) is 9.59 Å². The van der Waals surface area contributed by atoms with Gasteiger partial charge in [0.15, 0.2) is 0 Å². The highest BCUT2D eigenvalue weighted by Gasteiger charge is 2.32. The lowest BCUT2D eigenvalue weighted by Crippen LogP contribution is -2.28. The minimum Gasteiger partial charge on any atom is -0.496 e. The molecule has 0 radical (unpaired) electrons. The molecular formula is C25H26O7. The van der Waals surface area contributed by atoms with Crippen molar-refractivity contribution in [3.8, 4) is 28.7 Å². The number of hydrogen-bond donors (Lipinski definition) is 0. The van der Waals surface area contributed by atoms with Crippen molar-refractivity contribution in [1.29, 1.82) is 0 Å². The fourth-order valence-electron chi connectivity index (χ4n) is 4.09. The zero-order valence-corrected chi connectivity index (χ0v) is 18.8. The first-order valence-corrected chi connectivity index (χ1v) is 10.4. The SMILES string of the molecule is COc1c2c(cc3c1C[C@@H](c1ccc(OC(C)=O)cc1OC(C)=O)CO3)OC(C)(C)C=C2. The number of esters is 2. The van der Waals surface area contributed by atoms with Crippen molar-refractivity contribution < 1.29 is 33.3 Å². The Morgan fingerprint density at radius 3 is 2.50 bits per heavy atom. The predicted molar refractivity (Wildman–Crippen MR) is 118 cm³/mol. The van der Waals surface area contributed by atoms with E-state index in [4.69, 9.17) is 23.7 Å². The molecule has 2 aromatic carbocycles. The Kier molecular flexibility index (Phi) is 5.59. The van der Waals surface area contributed by atoms with Crippen molar-refractivity contribution in [3.63, 3.8) is 0 Å². The molecular weight excluding hydrogens is 412 g/mol. The quantitative estimate of drug-likeness (QED) is 0.515. The number of hydrogen-bond acceptors (Lipinski definition) is 7. The number of benzene rings is 2. The summed E-state index contributed by atoms with van der Waals surface area (Å²) in [4.78, 5) is 23.0. The van der Waals surface area contributed by atoms with Crippen LogP contribution >= 0.6 is 0 Å². The molecule has 168 valence electrons. The molecule has 2 aliphatic heterocycles. The Morgan fingerprint density at radius 1 is 1.06 bits per heavy atom. The summed E-state index contributed by atoms with van der Waals surface area (Å²) < 4.78 is 28.6. The molecule has 0 saturated carbocycles. The van der Waals surface area contributed by atoms with Crippen LogP contribution in [0.25, 0.3) is 6.08 Å². The number of fused-ring (bicyclic) bond motifs is 2. The third-order valence-electron chi connectivity index (χ3n) is 5.40. The minimum absolute atomic E-state index is 0.0971. The maximum Gasteiger partial charge on any atom is 0.308 e. The van der Waals surface area contributed by atoms with Gasteiger partial charge in [0, 0.05) is 43.0 Å². The van der Waals surface area contributed by atoms with Crippen LogP contribution in [0.1, 0.15) is 50.3 Å². The van der Waals surface area contributed by atoms with E-state index in [1.54, 1.807) is 25.3 Å². The van der Waals surface area contributed by atoms with Gasteiger partial charge in [-0.1, -0.05) is 6.07 Å². The third-order valence-corrected chi connectivity index (χ3v) is 5.40. The minimum atomic E-state index is -0.458. The van der Waals surface area contributed by atoms with Crippen molar-refractivity contribution in [2.75, 3.05) is 13.7 Å². The van der Waals surface area contributed by atoms with Gasteiger partial charge in [-0.2, -0.15) is 0 Å². The van der Waals surface area contributed by atoms with Gasteiger partial charge >= 0.3 is 11.9 Å². The fourth-order valence-corrected chi connectivity index (χ4v) is 4.09. The standard InChI is InChI=1S/C25H26O7/c1-14(26)30-17-6-7-18(22(11-17)31-15(2)27)16-10-20-21(29-13-16)12-23-19(24(20)28-5)8-9-25(3,4)32-23/h6-9,11-12,16H,10,13H2,1-5H3/t16-/m1/s1. The summed E-state index contributed by atoms with van der Waals surface area (Å²) >= 11 is 0. The highest BCUT2D eigenvalue weighted by atomic mass is 16.5. The first-order chi connectivity index (χ1) is 15.2. The first kappa shape index (κ1) is 21.7. The van der Waals surface area contributed by atoms with Gasteiger partial charge in [-0.05, 0) is 38.5 Å². The van der Waals surface area contributed by atoms with E-state index < -0.39 is 17.5 Å². The average molecular weight is 438 g/mol. The van der Waals surface area contributed by atoms with Gasteiger partial charge in [0.05, 0.1) is 19.3 Å². The predicted octanol–water partition coefficient (Wildman–Crippen LogP) is 4.45. The highest BCUT2D eigenvalue weighted by molar-refractivity contribution is 5.73. The summed E-state index contributed by atoms with van der Waals surface area (Å²) in [5, 5.41) is 0. The molecule has 0 fully saturated rings. The highest BCUT2D eigenvalue weighted by Crippen LogP contribution is 2.48. The first-order valence-electron chi connectivity index (χ1n) is 10.4. The van der Waals surface area contributed by atoms with Gasteiger partial charge in [-0.15, -0.1) is 0 Å². The molecule has 0 aromatic heterocycles. The second kappa shape index (κ2) is 8.22.